The summed E-state index contributed by atoms with van der Waals surface area (Å²) >= 11 is 0. The van der Waals surface area contributed by atoms with E-state index in [0.29, 0.717) is 11.5 Å². The lowest BCUT2D eigenvalue weighted by Crippen LogP contribution is -2.13. The highest BCUT2D eigenvalue weighted by Crippen LogP contribution is 2.31. The Balaban J connectivity index is 2.51. The van der Waals surface area contributed by atoms with Crippen LogP contribution in [0.4, 0.5) is 0 Å². The molecule has 5 heteroatoms. The van der Waals surface area contributed by atoms with Crippen LogP contribution in [0.2, 0.25) is 0 Å². The van der Waals surface area contributed by atoms with Gasteiger partial charge >= 0.3 is 0 Å². The lowest BCUT2D eigenvalue weighted by Gasteiger charge is -2.16. The molecule has 0 spiro atoms. The zero-order chi connectivity index (χ0) is 12.6. The quantitative estimate of drug-likeness (QED) is 0.863. The van der Waals surface area contributed by atoms with Gasteiger partial charge < -0.3 is 9.63 Å². The van der Waals surface area contributed by atoms with Crippen molar-refractivity contribution in [2.24, 2.45) is 7.05 Å². The number of hydrogen-bond donors (Lipinski definition) is 1. The van der Waals surface area contributed by atoms with Crippen molar-refractivity contribution in [2.45, 2.75) is 32.8 Å². The minimum Gasteiger partial charge on any atom is -0.388 e. The fraction of sp³-hybridized carbons (Fsp3) is 0.500. The van der Waals surface area contributed by atoms with Crippen LogP contribution in [0.25, 0.3) is 11.3 Å². The van der Waals surface area contributed by atoms with Crippen molar-refractivity contribution >= 4 is 0 Å². The third kappa shape index (κ3) is 2.24. The van der Waals surface area contributed by atoms with Crippen LogP contribution >= 0.6 is 0 Å². The van der Waals surface area contributed by atoms with Gasteiger partial charge in [-0.2, -0.15) is 5.10 Å². The molecule has 92 valence electrons. The molecule has 0 unspecified atom stereocenters. The molecule has 0 aliphatic rings. The summed E-state index contributed by atoms with van der Waals surface area (Å²) in [6.45, 7) is 6.17. The molecule has 0 radical (unpaired) electrons. The Bertz CT molecular complexity index is 520. The predicted octanol–water partition coefficient (Wildman–Crippen LogP) is 1.86. The van der Waals surface area contributed by atoms with Crippen molar-refractivity contribution in [1.82, 2.24) is 14.9 Å². The molecule has 0 saturated carbocycles. The van der Waals surface area contributed by atoms with Crippen LogP contribution < -0.4 is 0 Å². The Morgan fingerprint density at radius 1 is 1.41 bits per heavy atom. The number of aliphatic hydroxyl groups is 1. The highest BCUT2D eigenvalue weighted by molar-refractivity contribution is 5.62. The van der Waals surface area contributed by atoms with E-state index in [9.17, 15) is 0 Å². The maximum atomic E-state index is 8.98. The number of nitrogens with zero attached hydrogens (tertiary/aromatic N) is 3. The Morgan fingerprint density at radius 2 is 2.12 bits per heavy atom. The van der Waals surface area contributed by atoms with Gasteiger partial charge in [-0.1, -0.05) is 25.9 Å². The molecule has 0 aliphatic heterocycles. The molecule has 1 N–H and O–H groups in total. The van der Waals surface area contributed by atoms with E-state index in [4.69, 9.17) is 9.63 Å². The van der Waals surface area contributed by atoms with Crippen molar-refractivity contribution in [3.63, 3.8) is 0 Å². The van der Waals surface area contributed by atoms with Gasteiger partial charge in [-0.05, 0) is 0 Å². The van der Waals surface area contributed by atoms with Crippen LogP contribution in [-0.2, 0) is 19.1 Å². The second-order valence-corrected chi connectivity index (χ2v) is 5.15. The zero-order valence-electron chi connectivity index (χ0n) is 10.6. The van der Waals surface area contributed by atoms with Crippen molar-refractivity contribution in [1.29, 1.82) is 0 Å². The molecule has 2 rings (SSSR count). The molecule has 2 aromatic heterocycles. The normalized spacial score (nSPS) is 12.1. The first kappa shape index (κ1) is 11.9. The molecule has 5 nitrogen and oxygen atoms in total. The molecule has 0 bridgehead atoms. The average molecular weight is 235 g/mol. The van der Waals surface area contributed by atoms with E-state index in [1.807, 2.05) is 13.2 Å². The Morgan fingerprint density at radius 3 is 2.65 bits per heavy atom. The second kappa shape index (κ2) is 4.00. The van der Waals surface area contributed by atoms with Crippen LogP contribution in [0, 0.1) is 0 Å². The smallest absolute Gasteiger partial charge is 0.162 e. The van der Waals surface area contributed by atoms with Gasteiger partial charge in [0, 0.05) is 30.3 Å². The highest BCUT2D eigenvalue weighted by Gasteiger charge is 2.24. The van der Waals surface area contributed by atoms with Crippen molar-refractivity contribution < 1.29 is 9.63 Å². The molecule has 0 saturated heterocycles. The molecule has 2 heterocycles. The Kier molecular flexibility index (Phi) is 2.79. The van der Waals surface area contributed by atoms with E-state index in [-0.39, 0.29) is 12.0 Å². The van der Waals surface area contributed by atoms with Gasteiger partial charge in [0.2, 0.25) is 0 Å². The minimum atomic E-state index is -0.141. The van der Waals surface area contributed by atoms with E-state index in [1.54, 1.807) is 10.7 Å². The molecule has 0 amide bonds. The number of aryl methyl sites for hydroxylation is 1. The largest absolute Gasteiger partial charge is 0.388 e. The SMILES string of the molecule is Cn1cc(-c2cc(CO)on2)c(C(C)(C)C)n1. The van der Waals surface area contributed by atoms with E-state index in [2.05, 4.69) is 31.0 Å². The lowest BCUT2D eigenvalue weighted by atomic mass is 9.89. The molecule has 2 aromatic rings. The van der Waals surface area contributed by atoms with Crippen LogP contribution in [0.15, 0.2) is 16.8 Å². The third-order valence-corrected chi connectivity index (χ3v) is 2.53. The van der Waals surface area contributed by atoms with Crippen LogP contribution in [0.3, 0.4) is 0 Å². The first-order valence-corrected chi connectivity index (χ1v) is 5.53. The van der Waals surface area contributed by atoms with Gasteiger partial charge in [0.25, 0.3) is 0 Å². The number of aromatic nitrogens is 3. The summed E-state index contributed by atoms with van der Waals surface area (Å²) in [4.78, 5) is 0. The fourth-order valence-corrected chi connectivity index (χ4v) is 1.74. The van der Waals surface area contributed by atoms with Gasteiger partial charge in [-0.3, -0.25) is 4.68 Å². The van der Waals surface area contributed by atoms with Gasteiger partial charge in [-0.25, -0.2) is 0 Å². The molecule has 0 fully saturated rings. The number of hydrogen-bond acceptors (Lipinski definition) is 4. The average Bonchev–Trinajstić information content (AvgIpc) is 2.81. The summed E-state index contributed by atoms with van der Waals surface area (Å²) in [7, 11) is 1.88. The lowest BCUT2D eigenvalue weighted by molar-refractivity contribution is 0.229. The molecule has 0 aromatic carbocycles. The molecular weight excluding hydrogens is 218 g/mol. The van der Waals surface area contributed by atoms with Gasteiger partial charge in [0.05, 0.1) is 5.69 Å². The Labute approximate surface area is 100 Å². The standard InChI is InChI=1S/C12H17N3O2/c1-12(2,3)11-9(6-15(4)13-11)10-5-8(7-16)17-14-10/h5-6,16H,7H2,1-4H3. The summed E-state index contributed by atoms with van der Waals surface area (Å²) in [5, 5.41) is 17.4. The summed E-state index contributed by atoms with van der Waals surface area (Å²) in [5.41, 5.74) is 2.57. The van der Waals surface area contributed by atoms with Crippen LogP contribution in [0.5, 0.6) is 0 Å². The van der Waals surface area contributed by atoms with Gasteiger partial charge in [-0.15, -0.1) is 0 Å². The van der Waals surface area contributed by atoms with Crippen molar-refractivity contribution in [3.8, 4) is 11.3 Å². The van der Waals surface area contributed by atoms with E-state index >= 15 is 0 Å². The summed E-state index contributed by atoms with van der Waals surface area (Å²) in [6.07, 6.45) is 1.92. The first-order chi connectivity index (χ1) is 7.91. The van der Waals surface area contributed by atoms with Crippen molar-refractivity contribution in [2.75, 3.05) is 0 Å². The molecule has 0 atom stereocenters. The maximum Gasteiger partial charge on any atom is 0.162 e. The summed E-state index contributed by atoms with van der Waals surface area (Å²) in [5.74, 6) is 0.462. The molecule has 17 heavy (non-hydrogen) atoms. The number of aliphatic hydroxyl groups excluding tert-OH is 1. The maximum absolute atomic E-state index is 8.98. The van der Waals surface area contributed by atoms with Crippen LogP contribution in [0.1, 0.15) is 32.2 Å². The first-order valence-electron chi connectivity index (χ1n) is 5.53. The number of rotatable bonds is 2. The summed E-state index contributed by atoms with van der Waals surface area (Å²) < 4.78 is 6.78. The highest BCUT2D eigenvalue weighted by atomic mass is 16.5. The Hall–Kier alpha value is -1.62. The molecule has 0 aliphatic carbocycles. The van der Waals surface area contributed by atoms with Crippen molar-refractivity contribution in [3.05, 3.63) is 23.7 Å². The third-order valence-electron chi connectivity index (χ3n) is 2.53. The fourth-order valence-electron chi connectivity index (χ4n) is 1.74. The predicted molar refractivity (Wildman–Crippen MR) is 63.3 cm³/mol. The zero-order valence-corrected chi connectivity index (χ0v) is 10.6. The molecular formula is C12H17N3O2. The van der Waals surface area contributed by atoms with Crippen LogP contribution in [-0.4, -0.2) is 20.0 Å². The summed E-state index contributed by atoms with van der Waals surface area (Å²) in [6, 6.07) is 1.74. The van der Waals surface area contributed by atoms with E-state index in [1.165, 1.54) is 0 Å². The van der Waals surface area contributed by atoms with E-state index < -0.39 is 0 Å². The second-order valence-electron chi connectivity index (χ2n) is 5.15. The van der Waals surface area contributed by atoms with Gasteiger partial charge in [0.1, 0.15) is 12.3 Å². The monoisotopic (exact) mass is 235 g/mol. The van der Waals surface area contributed by atoms with Gasteiger partial charge in [0.15, 0.2) is 5.76 Å². The van der Waals surface area contributed by atoms with E-state index in [0.717, 1.165) is 11.3 Å². The minimum absolute atomic E-state index is 0.0606. The topological polar surface area (TPSA) is 64.1 Å².